The molecule has 2 aromatic carbocycles. The van der Waals surface area contributed by atoms with Gasteiger partial charge < -0.3 is 0 Å². The number of hydrogen-bond donors (Lipinski definition) is 3. The number of anilines is 1. The first-order valence-corrected chi connectivity index (χ1v) is 8.52. The van der Waals surface area contributed by atoms with E-state index in [9.17, 15) is 9.11 Å². The number of halogens is 1. The second-order valence-corrected chi connectivity index (χ2v) is 7.01. The lowest BCUT2D eigenvalue weighted by Crippen LogP contribution is -2.09. The highest BCUT2D eigenvalue weighted by Crippen LogP contribution is 2.47. The van der Waals surface area contributed by atoms with Crippen LogP contribution in [0.1, 0.15) is 5.56 Å². The summed E-state index contributed by atoms with van der Waals surface area (Å²) in [6.45, 7) is 0. The molecule has 1 heterocycles. The number of pyridine rings is 1. The Labute approximate surface area is 139 Å². The number of rotatable bonds is 3. The molecule has 0 radical (unpaired) electrons. The third kappa shape index (κ3) is 3.23. The molecule has 0 unspecified atom stereocenters. The van der Waals surface area contributed by atoms with Gasteiger partial charge in [0.15, 0.2) is 0 Å². The number of nitrogens with one attached hydrogen (secondary N) is 1. The molecule has 3 N–H and O–H groups in total. The van der Waals surface area contributed by atoms with E-state index in [1.54, 1.807) is 48.5 Å². The van der Waals surface area contributed by atoms with Gasteiger partial charge in [0.05, 0.1) is 39.0 Å². The molecular weight excluding hydrogens is 334 g/mol. The van der Waals surface area contributed by atoms with E-state index in [1.165, 1.54) is 6.20 Å². The standard InChI is InChI=1S/C16H12ClN3O2S/c17-15-7-11(9-18)6-12-8-13(10-19-16(12)15)20-23(21,22)14-4-2-1-3-5-14/h1-8,10,20-22H. The van der Waals surface area contributed by atoms with Crippen molar-refractivity contribution in [1.29, 1.82) is 5.26 Å². The van der Waals surface area contributed by atoms with Crippen LogP contribution in [0.15, 0.2) is 59.6 Å². The summed E-state index contributed by atoms with van der Waals surface area (Å²) in [6.07, 6.45) is 1.47. The Morgan fingerprint density at radius 3 is 2.57 bits per heavy atom. The highest BCUT2D eigenvalue weighted by atomic mass is 35.5. The predicted octanol–water partition coefficient (Wildman–Crippen LogP) is 4.90. The number of nitriles is 1. The summed E-state index contributed by atoms with van der Waals surface area (Å²) in [5.74, 6) is 0. The molecule has 116 valence electrons. The van der Waals surface area contributed by atoms with E-state index in [4.69, 9.17) is 16.9 Å². The van der Waals surface area contributed by atoms with Crippen LogP contribution in [0.5, 0.6) is 0 Å². The van der Waals surface area contributed by atoms with Crippen molar-refractivity contribution in [2.24, 2.45) is 0 Å². The molecular formula is C16H12ClN3O2S. The van der Waals surface area contributed by atoms with Crippen molar-refractivity contribution in [3.05, 3.63) is 65.3 Å². The van der Waals surface area contributed by atoms with Gasteiger partial charge in [0, 0.05) is 5.39 Å². The largest absolute Gasteiger partial charge is 0.279 e. The zero-order valence-electron chi connectivity index (χ0n) is 11.8. The molecule has 0 spiro atoms. The first kappa shape index (κ1) is 15.6. The van der Waals surface area contributed by atoms with Crippen molar-refractivity contribution in [1.82, 2.24) is 4.98 Å². The number of hydrogen-bond acceptors (Lipinski definition) is 5. The summed E-state index contributed by atoms with van der Waals surface area (Å²) in [4.78, 5) is 4.60. The highest BCUT2D eigenvalue weighted by molar-refractivity contribution is 8.25. The van der Waals surface area contributed by atoms with Crippen molar-refractivity contribution in [3.8, 4) is 6.07 Å². The van der Waals surface area contributed by atoms with Crippen molar-refractivity contribution in [2.45, 2.75) is 4.90 Å². The zero-order chi connectivity index (χ0) is 16.4. The summed E-state index contributed by atoms with van der Waals surface area (Å²) in [5, 5.41) is 10.0. The van der Waals surface area contributed by atoms with Crippen LogP contribution in [0, 0.1) is 11.3 Å². The Hall–Kier alpha value is -2.30. The molecule has 0 saturated carbocycles. The summed E-state index contributed by atoms with van der Waals surface area (Å²) < 4.78 is 23.3. The second kappa shape index (κ2) is 6.07. The lowest BCUT2D eigenvalue weighted by Gasteiger charge is -2.33. The van der Waals surface area contributed by atoms with E-state index in [0.29, 0.717) is 32.1 Å². The van der Waals surface area contributed by atoms with E-state index >= 15 is 0 Å². The van der Waals surface area contributed by atoms with Crippen LogP contribution in [0.25, 0.3) is 10.9 Å². The molecule has 0 fully saturated rings. The van der Waals surface area contributed by atoms with Gasteiger partial charge in [0.2, 0.25) is 0 Å². The third-order valence-electron chi connectivity index (χ3n) is 3.20. The van der Waals surface area contributed by atoms with Gasteiger partial charge >= 0.3 is 0 Å². The molecule has 7 heteroatoms. The van der Waals surface area contributed by atoms with E-state index < -0.39 is 10.8 Å². The first-order valence-electron chi connectivity index (χ1n) is 6.60. The minimum atomic E-state index is -3.20. The van der Waals surface area contributed by atoms with E-state index in [1.807, 2.05) is 6.07 Å². The average molecular weight is 346 g/mol. The molecule has 0 amide bonds. The fourth-order valence-corrected chi connectivity index (χ4v) is 3.53. The topological polar surface area (TPSA) is 89.2 Å². The number of benzene rings is 2. The van der Waals surface area contributed by atoms with Gasteiger partial charge in [-0.15, -0.1) is 0 Å². The van der Waals surface area contributed by atoms with Crippen molar-refractivity contribution in [3.63, 3.8) is 0 Å². The van der Waals surface area contributed by atoms with Crippen molar-refractivity contribution < 1.29 is 9.11 Å². The van der Waals surface area contributed by atoms with Crippen LogP contribution in [0.4, 0.5) is 5.69 Å². The predicted molar refractivity (Wildman–Crippen MR) is 92.6 cm³/mol. The van der Waals surface area contributed by atoms with Crippen molar-refractivity contribution in [2.75, 3.05) is 4.72 Å². The van der Waals surface area contributed by atoms with Gasteiger partial charge in [-0.2, -0.15) is 5.26 Å². The Bertz CT molecular complexity index is 910. The SMILES string of the molecule is N#Cc1cc(Cl)c2ncc(NS(O)(O)c3ccccc3)cc2c1. The Balaban J connectivity index is 1.99. The quantitative estimate of drug-likeness (QED) is 0.628. The Morgan fingerprint density at radius 2 is 1.87 bits per heavy atom. The normalized spacial score (nSPS) is 11.9. The molecule has 0 aliphatic rings. The number of aromatic nitrogens is 1. The Kier molecular flexibility index (Phi) is 4.11. The van der Waals surface area contributed by atoms with Gasteiger partial charge in [0.25, 0.3) is 0 Å². The minimum Gasteiger partial charge on any atom is -0.279 e. The third-order valence-corrected chi connectivity index (χ3v) is 4.94. The molecule has 1 aromatic heterocycles. The van der Waals surface area contributed by atoms with Crippen LogP contribution in [0.2, 0.25) is 5.02 Å². The summed E-state index contributed by atoms with van der Waals surface area (Å²) in [6, 6.07) is 15.4. The molecule has 23 heavy (non-hydrogen) atoms. The van der Waals surface area contributed by atoms with Crippen LogP contribution in [-0.2, 0) is 0 Å². The van der Waals surface area contributed by atoms with Gasteiger partial charge in [-0.25, -0.2) is 0 Å². The molecule has 3 aromatic rings. The molecule has 0 saturated heterocycles. The molecule has 0 bridgehead atoms. The number of nitrogens with zero attached hydrogens (tertiary/aromatic N) is 2. The molecule has 0 aliphatic carbocycles. The van der Waals surface area contributed by atoms with Gasteiger partial charge in [0.1, 0.15) is 0 Å². The smallest absolute Gasteiger partial charge is 0.0992 e. The van der Waals surface area contributed by atoms with Crippen LogP contribution in [0.3, 0.4) is 0 Å². The molecule has 5 nitrogen and oxygen atoms in total. The average Bonchev–Trinajstić information content (AvgIpc) is 2.55. The first-order chi connectivity index (χ1) is 11.0. The maximum absolute atomic E-state index is 10.3. The van der Waals surface area contributed by atoms with Crippen molar-refractivity contribution >= 4 is 39.0 Å². The fraction of sp³-hybridized carbons (Fsp3) is 0. The summed E-state index contributed by atoms with van der Waals surface area (Å²) >= 11 is 6.09. The maximum Gasteiger partial charge on any atom is 0.0992 e. The van der Waals surface area contributed by atoms with Gasteiger partial charge in [-0.05, 0) is 30.3 Å². The molecule has 3 rings (SSSR count). The summed E-state index contributed by atoms with van der Waals surface area (Å²) in [7, 11) is -3.20. The lowest BCUT2D eigenvalue weighted by atomic mass is 10.1. The summed E-state index contributed by atoms with van der Waals surface area (Å²) in [5.41, 5.74) is 1.39. The van der Waals surface area contributed by atoms with Crippen LogP contribution < -0.4 is 4.72 Å². The van der Waals surface area contributed by atoms with Gasteiger partial charge in [-0.3, -0.25) is 18.8 Å². The molecule has 0 atom stereocenters. The van der Waals surface area contributed by atoms with E-state index in [2.05, 4.69) is 9.71 Å². The molecule has 0 aliphatic heterocycles. The van der Waals surface area contributed by atoms with Crippen LogP contribution >= 0.6 is 22.4 Å². The monoisotopic (exact) mass is 345 g/mol. The Morgan fingerprint density at radius 1 is 1.13 bits per heavy atom. The number of fused-ring (bicyclic) bond motifs is 1. The lowest BCUT2D eigenvalue weighted by molar-refractivity contribution is 0.494. The second-order valence-electron chi connectivity index (χ2n) is 4.83. The maximum atomic E-state index is 10.3. The van der Waals surface area contributed by atoms with E-state index in [0.717, 1.165) is 0 Å². The highest BCUT2D eigenvalue weighted by Gasteiger charge is 2.15. The van der Waals surface area contributed by atoms with Gasteiger partial charge in [-0.1, -0.05) is 40.6 Å². The fourth-order valence-electron chi connectivity index (χ4n) is 2.16. The van der Waals surface area contributed by atoms with E-state index in [-0.39, 0.29) is 0 Å². The minimum absolute atomic E-state index is 0.375. The van der Waals surface area contributed by atoms with Crippen LogP contribution in [-0.4, -0.2) is 14.1 Å². The zero-order valence-corrected chi connectivity index (χ0v) is 13.3.